The van der Waals surface area contributed by atoms with Crippen LogP contribution < -0.4 is 10.6 Å². The molecule has 1 aliphatic rings. The Balaban J connectivity index is 1.69. The lowest BCUT2D eigenvalue weighted by Crippen LogP contribution is -2.46. The van der Waals surface area contributed by atoms with Gasteiger partial charge in [-0.25, -0.2) is 9.18 Å². The lowest BCUT2D eigenvalue weighted by atomic mass is 9.83. The van der Waals surface area contributed by atoms with Crippen LogP contribution in [0.3, 0.4) is 0 Å². The maximum atomic E-state index is 14.9. The quantitative estimate of drug-likeness (QED) is 0.285. The van der Waals surface area contributed by atoms with Crippen LogP contribution in [0.25, 0.3) is 0 Å². The average Bonchev–Trinajstić information content (AvgIpc) is 2.92. The summed E-state index contributed by atoms with van der Waals surface area (Å²) in [5.41, 5.74) is -0.345. The number of nitrogens with zero attached hydrogens (tertiary/aromatic N) is 1. The van der Waals surface area contributed by atoms with E-state index >= 15 is 0 Å². The highest BCUT2D eigenvalue weighted by molar-refractivity contribution is 5.98. The first kappa shape index (κ1) is 32.5. The molecule has 2 N–H and O–H groups in total. The number of amides is 3. The summed E-state index contributed by atoms with van der Waals surface area (Å²) in [6.45, 7) is 8.36. The molecule has 2 unspecified atom stereocenters. The van der Waals surface area contributed by atoms with Crippen molar-refractivity contribution in [3.05, 3.63) is 94.3 Å². The summed E-state index contributed by atoms with van der Waals surface area (Å²) in [5.74, 6) is -2.75. The predicted molar refractivity (Wildman–Crippen MR) is 159 cm³/mol. The van der Waals surface area contributed by atoms with Gasteiger partial charge in [0, 0.05) is 17.9 Å². The molecule has 44 heavy (non-hydrogen) atoms. The van der Waals surface area contributed by atoms with Crippen LogP contribution in [-0.2, 0) is 15.7 Å². The van der Waals surface area contributed by atoms with E-state index in [0.29, 0.717) is 29.7 Å². The molecule has 0 saturated carbocycles. The minimum absolute atomic E-state index is 0.0168. The van der Waals surface area contributed by atoms with Crippen molar-refractivity contribution in [2.45, 2.75) is 65.3 Å². The van der Waals surface area contributed by atoms with Gasteiger partial charge in [-0.2, -0.15) is 13.2 Å². The molecule has 234 valence electrons. The molecule has 1 fully saturated rings. The van der Waals surface area contributed by atoms with Gasteiger partial charge in [0.05, 0.1) is 23.1 Å². The molecule has 3 aromatic rings. The number of hydrogen-bond acceptors (Lipinski definition) is 4. The molecule has 4 rings (SSSR count). The van der Waals surface area contributed by atoms with Crippen molar-refractivity contribution in [3.8, 4) is 0 Å². The van der Waals surface area contributed by atoms with Crippen molar-refractivity contribution in [1.82, 2.24) is 4.90 Å². The van der Waals surface area contributed by atoms with E-state index in [1.54, 1.807) is 58.0 Å². The molecule has 1 aliphatic heterocycles. The fourth-order valence-corrected chi connectivity index (χ4v) is 5.38. The zero-order chi connectivity index (χ0) is 32.4. The minimum Gasteiger partial charge on any atom is -0.444 e. The van der Waals surface area contributed by atoms with E-state index in [2.05, 4.69) is 10.6 Å². The SMILES string of the molecule is Cc1ccc(NC(=O)C2CCCN(C(=O)c3c(C)cccc3F)C2c2ccc(NC(=O)OC(C)(C)C)cc2)cc1C(F)(F)F. The van der Waals surface area contributed by atoms with Crippen molar-refractivity contribution in [1.29, 1.82) is 0 Å². The van der Waals surface area contributed by atoms with Crippen molar-refractivity contribution in [2.24, 2.45) is 5.92 Å². The van der Waals surface area contributed by atoms with Crippen LogP contribution in [-0.4, -0.2) is 35.0 Å². The topological polar surface area (TPSA) is 87.7 Å². The van der Waals surface area contributed by atoms with Gasteiger partial charge in [0.25, 0.3) is 5.91 Å². The van der Waals surface area contributed by atoms with Gasteiger partial charge < -0.3 is 15.0 Å². The Hall–Kier alpha value is -4.41. The fourth-order valence-electron chi connectivity index (χ4n) is 5.38. The summed E-state index contributed by atoms with van der Waals surface area (Å²) in [7, 11) is 0. The molecular weight excluding hydrogens is 578 g/mol. The number of rotatable bonds is 5. The molecule has 7 nitrogen and oxygen atoms in total. The molecule has 11 heteroatoms. The number of ether oxygens (including phenoxy) is 1. The summed E-state index contributed by atoms with van der Waals surface area (Å²) in [4.78, 5) is 41.2. The lowest BCUT2D eigenvalue weighted by Gasteiger charge is -2.41. The van der Waals surface area contributed by atoms with Crippen LogP contribution in [0.4, 0.5) is 33.7 Å². The Morgan fingerprint density at radius 1 is 0.886 bits per heavy atom. The Morgan fingerprint density at radius 2 is 1.55 bits per heavy atom. The van der Waals surface area contributed by atoms with E-state index in [0.717, 1.165) is 6.07 Å². The van der Waals surface area contributed by atoms with Crippen LogP contribution >= 0.6 is 0 Å². The largest absolute Gasteiger partial charge is 0.444 e. The van der Waals surface area contributed by atoms with E-state index in [1.807, 2.05) is 0 Å². The number of likely N-dealkylation sites (tertiary alicyclic amines) is 1. The molecule has 0 aliphatic carbocycles. The number of carbonyl (C=O) groups excluding carboxylic acids is 3. The first-order valence-corrected chi connectivity index (χ1v) is 14.2. The van der Waals surface area contributed by atoms with Gasteiger partial charge in [0.15, 0.2) is 0 Å². The number of benzene rings is 3. The van der Waals surface area contributed by atoms with Gasteiger partial charge >= 0.3 is 12.3 Å². The number of alkyl halides is 3. The van der Waals surface area contributed by atoms with Gasteiger partial charge in [-0.15, -0.1) is 0 Å². The Bertz CT molecular complexity index is 1530. The third-order valence-electron chi connectivity index (χ3n) is 7.37. The Kier molecular flexibility index (Phi) is 9.36. The molecule has 2 atom stereocenters. The smallest absolute Gasteiger partial charge is 0.416 e. The van der Waals surface area contributed by atoms with Gasteiger partial charge in [-0.05, 0) is 94.5 Å². The van der Waals surface area contributed by atoms with Crippen LogP contribution in [0.5, 0.6) is 0 Å². The number of halogens is 4. The number of nitrogens with one attached hydrogen (secondary N) is 2. The highest BCUT2D eigenvalue weighted by Gasteiger charge is 2.41. The summed E-state index contributed by atoms with van der Waals surface area (Å²) in [6, 6.07) is 13.5. The molecule has 3 aromatic carbocycles. The van der Waals surface area contributed by atoms with Crippen molar-refractivity contribution < 1.29 is 36.7 Å². The highest BCUT2D eigenvalue weighted by Crippen LogP contribution is 2.39. The first-order chi connectivity index (χ1) is 20.5. The van der Waals surface area contributed by atoms with Crippen LogP contribution in [0, 0.1) is 25.6 Å². The van der Waals surface area contributed by atoms with Crippen molar-refractivity contribution >= 4 is 29.3 Å². The number of hydrogen-bond donors (Lipinski definition) is 2. The molecule has 1 heterocycles. The molecule has 0 radical (unpaired) electrons. The fraction of sp³-hybridized carbons (Fsp3) is 0.364. The Morgan fingerprint density at radius 3 is 2.16 bits per heavy atom. The second kappa shape index (κ2) is 12.7. The molecule has 0 bridgehead atoms. The van der Waals surface area contributed by atoms with E-state index in [9.17, 15) is 31.9 Å². The minimum atomic E-state index is -4.60. The second-order valence-electron chi connectivity index (χ2n) is 11.9. The zero-order valence-electron chi connectivity index (χ0n) is 25.1. The van der Waals surface area contributed by atoms with Crippen LogP contribution in [0.1, 0.15) is 72.3 Å². The molecule has 0 spiro atoms. The predicted octanol–water partition coefficient (Wildman–Crippen LogP) is 8.04. The van der Waals surface area contributed by atoms with E-state index < -0.39 is 53.0 Å². The maximum absolute atomic E-state index is 14.9. The Labute approximate surface area is 253 Å². The standard InChI is InChI=1S/C33H35F4N3O4/c1-19-11-14-23(18-25(19)33(35,36)37)38-29(41)24-9-7-17-40(30(42)27-20(2)8-6-10-26(27)34)28(24)21-12-15-22(16-13-21)39-31(43)44-32(3,4)5/h6,8,10-16,18,24,28H,7,9,17H2,1-5H3,(H,38,41)(H,39,43). The van der Waals surface area contributed by atoms with Crippen molar-refractivity contribution in [3.63, 3.8) is 0 Å². The summed E-state index contributed by atoms with van der Waals surface area (Å²) in [6.07, 6.45) is -4.53. The molecule has 1 saturated heterocycles. The number of anilines is 2. The van der Waals surface area contributed by atoms with E-state index in [1.165, 1.54) is 36.1 Å². The highest BCUT2D eigenvalue weighted by atomic mass is 19.4. The zero-order valence-corrected chi connectivity index (χ0v) is 25.1. The monoisotopic (exact) mass is 613 g/mol. The van der Waals surface area contributed by atoms with E-state index in [-0.39, 0.29) is 23.4 Å². The summed E-state index contributed by atoms with van der Waals surface area (Å²) in [5, 5.41) is 5.24. The van der Waals surface area contributed by atoms with Crippen LogP contribution in [0.2, 0.25) is 0 Å². The number of aryl methyl sites for hydroxylation is 2. The molecule has 0 aromatic heterocycles. The van der Waals surface area contributed by atoms with Gasteiger partial charge in [0.1, 0.15) is 11.4 Å². The summed E-state index contributed by atoms with van der Waals surface area (Å²) >= 11 is 0. The normalized spacial score (nSPS) is 17.2. The second-order valence-corrected chi connectivity index (χ2v) is 11.9. The number of piperidine rings is 1. The third kappa shape index (κ3) is 7.56. The molecular formula is C33H35F4N3O4. The van der Waals surface area contributed by atoms with Gasteiger partial charge in [-0.3, -0.25) is 14.9 Å². The van der Waals surface area contributed by atoms with Gasteiger partial charge in [0.2, 0.25) is 5.91 Å². The van der Waals surface area contributed by atoms with E-state index in [4.69, 9.17) is 4.74 Å². The maximum Gasteiger partial charge on any atom is 0.416 e. The first-order valence-electron chi connectivity index (χ1n) is 14.2. The number of carbonyl (C=O) groups is 3. The average molecular weight is 614 g/mol. The lowest BCUT2D eigenvalue weighted by molar-refractivity contribution is -0.138. The van der Waals surface area contributed by atoms with Gasteiger partial charge in [-0.1, -0.05) is 30.3 Å². The molecule has 3 amide bonds. The van der Waals surface area contributed by atoms with Crippen LogP contribution in [0.15, 0.2) is 60.7 Å². The third-order valence-corrected chi connectivity index (χ3v) is 7.37. The van der Waals surface area contributed by atoms with Crippen molar-refractivity contribution in [2.75, 3.05) is 17.2 Å². The summed E-state index contributed by atoms with van der Waals surface area (Å²) < 4.78 is 60.8.